The number of hydrogen-bond acceptors (Lipinski definition) is 9. The van der Waals surface area contributed by atoms with E-state index in [2.05, 4.69) is 26.8 Å². The Bertz CT molecular complexity index is 1130. The van der Waals surface area contributed by atoms with Crippen molar-refractivity contribution in [2.45, 2.75) is 70.0 Å². The molecule has 1 aliphatic heterocycles. The Morgan fingerprint density at radius 1 is 1.00 bits per heavy atom. The van der Waals surface area contributed by atoms with Crippen LogP contribution in [0.4, 0.5) is 5.95 Å². The minimum Gasteiger partial charge on any atom is -0.474 e. The van der Waals surface area contributed by atoms with Crippen LogP contribution < -0.4 is 9.64 Å². The third-order valence-electron chi connectivity index (χ3n) is 7.34. The summed E-state index contributed by atoms with van der Waals surface area (Å²) < 4.78 is 11.8. The zero-order chi connectivity index (χ0) is 24.9. The SMILES string of the molecule is COC[C@H](C)Cc1ncc2c(OC3CCN(c4ncccn4)CC3)ncc(C3CCC(O)CC3)c2n1. The second kappa shape index (κ2) is 11.4. The molecule has 1 saturated heterocycles. The Morgan fingerprint density at radius 3 is 2.47 bits per heavy atom. The van der Waals surface area contributed by atoms with Crippen molar-refractivity contribution in [1.29, 1.82) is 0 Å². The molecule has 36 heavy (non-hydrogen) atoms. The molecule has 2 fully saturated rings. The number of hydrogen-bond donors (Lipinski definition) is 1. The lowest BCUT2D eigenvalue weighted by molar-refractivity contribution is 0.122. The van der Waals surface area contributed by atoms with Gasteiger partial charge in [0.25, 0.3) is 0 Å². The van der Waals surface area contributed by atoms with Gasteiger partial charge in [0, 0.05) is 76.4 Å². The highest BCUT2D eigenvalue weighted by Crippen LogP contribution is 2.38. The molecule has 9 heteroatoms. The molecule has 4 heterocycles. The number of ether oxygens (including phenoxy) is 2. The lowest BCUT2D eigenvalue weighted by Gasteiger charge is -2.32. The predicted molar refractivity (Wildman–Crippen MR) is 137 cm³/mol. The molecule has 1 saturated carbocycles. The van der Waals surface area contributed by atoms with Crippen LogP contribution in [0.2, 0.25) is 0 Å². The summed E-state index contributed by atoms with van der Waals surface area (Å²) in [5.74, 6) is 2.86. The van der Waals surface area contributed by atoms with Crippen LogP contribution in [0.3, 0.4) is 0 Å². The molecule has 0 bridgehead atoms. The standard InChI is InChI=1S/C27H36N6O3/c1-18(17-35-2)14-24-30-16-23-25(32-24)22(19-4-6-20(34)7-5-19)15-31-26(23)36-21-8-12-33(13-9-21)27-28-10-3-11-29-27/h3,10-11,15-16,18-21,34H,4-9,12-14,17H2,1-2H3/t18-,19?,20?/m1/s1. The molecule has 1 N–H and O–H groups in total. The molecular weight excluding hydrogens is 456 g/mol. The first-order valence-electron chi connectivity index (χ1n) is 13.1. The second-order valence-electron chi connectivity index (χ2n) is 10.2. The van der Waals surface area contributed by atoms with Crippen molar-refractivity contribution in [3.63, 3.8) is 0 Å². The fourth-order valence-electron chi connectivity index (χ4n) is 5.37. The third kappa shape index (κ3) is 5.73. The van der Waals surface area contributed by atoms with Gasteiger partial charge in [0.2, 0.25) is 11.8 Å². The van der Waals surface area contributed by atoms with Crippen molar-refractivity contribution < 1.29 is 14.6 Å². The first-order chi connectivity index (χ1) is 17.6. The molecule has 0 radical (unpaired) electrons. The van der Waals surface area contributed by atoms with E-state index < -0.39 is 0 Å². The number of anilines is 1. The van der Waals surface area contributed by atoms with Gasteiger partial charge in [-0.15, -0.1) is 0 Å². The fraction of sp³-hybridized carbons (Fsp3) is 0.593. The number of methoxy groups -OCH3 is 1. The molecule has 1 atom stereocenters. The highest BCUT2D eigenvalue weighted by atomic mass is 16.5. The monoisotopic (exact) mass is 492 g/mol. The molecule has 192 valence electrons. The number of pyridine rings is 1. The summed E-state index contributed by atoms with van der Waals surface area (Å²) in [4.78, 5) is 25.4. The second-order valence-corrected chi connectivity index (χ2v) is 10.2. The maximum absolute atomic E-state index is 10.0. The molecule has 0 unspecified atom stereocenters. The molecule has 0 amide bonds. The van der Waals surface area contributed by atoms with Crippen LogP contribution in [0, 0.1) is 5.92 Å². The summed E-state index contributed by atoms with van der Waals surface area (Å²) in [5.41, 5.74) is 2.08. The van der Waals surface area contributed by atoms with Crippen LogP contribution in [0.5, 0.6) is 5.88 Å². The third-order valence-corrected chi connectivity index (χ3v) is 7.34. The number of piperidine rings is 1. The summed E-state index contributed by atoms with van der Waals surface area (Å²) >= 11 is 0. The smallest absolute Gasteiger partial charge is 0.225 e. The highest BCUT2D eigenvalue weighted by Gasteiger charge is 2.27. The minimum atomic E-state index is -0.199. The van der Waals surface area contributed by atoms with Crippen molar-refractivity contribution in [3.05, 3.63) is 42.2 Å². The lowest BCUT2D eigenvalue weighted by Crippen LogP contribution is -2.39. The Kier molecular flexibility index (Phi) is 7.87. The van der Waals surface area contributed by atoms with Crippen molar-refractivity contribution >= 4 is 16.9 Å². The van der Waals surface area contributed by atoms with Crippen molar-refractivity contribution in [2.75, 3.05) is 31.7 Å². The summed E-state index contributed by atoms with van der Waals surface area (Å²) in [6, 6.07) is 1.83. The average Bonchev–Trinajstić information content (AvgIpc) is 2.90. The summed E-state index contributed by atoms with van der Waals surface area (Å²) in [6.07, 6.45) is 13.3. The molecule has 1 aliphatic carbocycles. The molecule has 0 aromatic carbocycles. The normalized spacial score (nSPS) is 22.0. The number of nitrogens with zero attached hydrogens (tertiary/aromatic N) is 6. The van der Waals surface area contributed by atoms with Gasteiger partial charge in [-0.1, -0.05) is 6.92 Å². The molecular formula is C27H36N6O3. The Hall–Kier alpha value is -2.91. The number of rotatable bonds is 8. The molecule has 3 aromatic heterocycles. The Morgan fingerprint density at radius 2 is 1.75 bits per heavy atom. The number of aromatic nitrogens is 5. The van der Waals surface area contributed by atoms with E-state index >= 15 is 0 Å². The van der Waals surface area contributed by atoms with E-state index in [0.29, 0.717) is 24.3 Å². The molecule has 0 spiro atoms. The van der Waals surface area contributed by atoms with E-state index in [4.69, 9.17) is 19.4 Å². The molecule has 5 rings (SSSR count). The van der Waals surface area contributed by atoms with Crippen LogP contribution in [-0.2, 0) is 11.2 Å². The summed E-state index contributed by atoms with van der Waals surface area (Å²) in [5, 5.41) is 10.9. The Balaban J connectivity index is 1.37. The van der Waals surface area contributed by atoms with Crippen molar-refractivity contribution in [3.8, 4) is 5.88 Å². The molecule has 2 aliphatic rings. The summed E-state index contributed by atoms with van der Waals surface area (Å²) in [7, 11) is 1.72. The minimum absolute atomic E-state index is 0.0674. The van der Waals surface area contributed by atoms with Gasteiger partial charge >= 0.3 is 0 Å². The van der Waals surface area contributed by atoms with Gasteiger partial charge in [-0.05, 0) is 43.6 Å². The van der Waals surface area contributed by atoms with Gasteiger partial charge < -0.3 is 19.5 Å². The van der Waals surface area contributed by atoms with Gasteiger partial charge in [0.05, 0.1) is 17.0 Å². The van der Waals surface area contributed by atoms with Crippen molar-refractivity contribution in [2.24, 2.45) is 5.92 Å². The zero-order valence-corrected chi connectivity index (χ0v) is 21.2. The van der Waals surface area contributed by atoms with E-state index in [9.17, 15) is 5.11 Å². The van der Waals surface area contributed by atoms with Gasteiger partial charge in [-0.2, -0.15) is 0 Å². The highest BCUT2D eigenvalue weighted by molar-refractivity contribution is 5.85. The van der Waals surface area contributed by atoms with E-state index in [-0.39, 0.29) is 12.2 Å². The van der Waals surface area contributed by atoms with Crippen LogP contribution in [0.25, 0.3) is 10.9 Å². The lowest BCUT2D eigenvalue weighted by atomic mass is 9.82. The van der Waals surface area contributed by atoms with Crippen LogP contribution in [-0.4, -0.2) is 69.0 Å². The van der Waals surface area contributed by atoms with Gasteiger partial charge in [0.1, 0.15) is 11.9 Å². The number of aliphatic hydroxyl groups is 1. The Labute approximate surface area is 212 Å². The topological polar surface area (TPSA) is 106 Å². The maximum Gasteiger partial charge on any atom is 0.225 e. The van der Waals surface area contributed by atoms with Gasteiger partial charge in [-0.3, -0.25) is 0 Å². The zero-order valence-electron chi connectivity index (χ0n) is 21.2. The van der Waals surface area contributed by atoms with Gasteiger partial charge in [-0.25, -0.2) is 24.9 Å². The van der Waals surface area contributed by atoms with E-state index in [1.807, 2.05) is 18.5 Å². The first kappa shape index (κ1) is 24.8. The fourth-order valence-corrected chi connectivity index (χ4v) is 5.37. The predicted octanol–water partition coefficient (Wildman–Crippen LogP) is 3.71. The van der Waals surface area contributed by atoms with Crippen LogP contribution >= 0.6 is 0 Å². The quantitative estimate of drug-likeness (QED) is 0.504. The maximum atomic E-state index is 10.0. The molecule has 3 aromatic rings. The number of fused-ring (bicyclic) bond motifs is 1. The molecule has 9 nitrogen and oxygen atoms in total. The van der Waals surface area contributed by atoms with Crippen LogP contribution in [0.1, 0.15) is 62.8 Å². The van der Waals surface area contributed by atoms with E-state index in [0.717, 1.165) is 86.3 Å². The first-order valence-corrected chi connectivity index (χ1v) is 13.1. The van der Waals surface area contributed by atoms with Gasteiger partial charge in [0.15, 0.2) is 0 Å². The summed E-state index contributed by atoms with van der Waals surface area (Å²) in [6.45, 7) is 4.50. The van der Waals surface area contributed by atoms with Crippen LogP contribution in [0.15, 0.2) is 30.9 Å². The van der Waals surface area contributed by atoms with Crippen molar-refractivity contribution in [1.82, 2.24) is 24.9 Å². The largest absolute Gasteiger partial charge is 0.474 e. The van der Waals surface area contributed by atoms with E-state index in [1.165, 1.54) is 0 Å². The average molecular weight is 493 g/mol. The number of aliphatic hydroxyl groups excluding tert-OH is 1. The van der Waals surface area contributed by atoms with E-state index in [1.54, 1.807) is 19.5 Å².